The molecule has 74 valence electrons. The highest BCUT2D eigenvalue weighted by atomic mass is 16.1. The molecule has 0 saturated carbocycles. The molecule has 0 spiro atoms. The molecule has 0 fully saturated rings. The van der Waals surface area contributed by atoms with Gasteiger partial charge in [-0.05, 0) is 11.6 Å². The molecule has 0 unspecified atom stereocenters. The molecule has 0 aliphatic rings. The molecule has 0 aliphatic carbocycles. The predicted molar refractivity (Wildman–Crippen MR) is 56.7 cm³/mol. The van der Waals surface area contributed by atoms with Crippen molar-refractivity contribution in [3.63, 3.8) is 0 Å². The topological polar surface area (TPSA) is 46.2 Å². The summed E-state index contributed by atoms with van der Waals surface area (Å²) in [6.45, 7) is 7.48. The Balaban J connectivity index is 4.03. The van der Waals surface area contributed by atoms with Crippen molar-refractivity contribution >= 4 is 12.2 Å². The maximum absolute atomic E-state index is 11.0. The quantitative estimate of drug-likeness (QED) is 0.389. The summed E-state index contributed by atoms with van der Waals surface area (Å²) < 4.78 is 0. The summed E-state index contributed by atoms with van der Waals surface area (Å²) in [5.41, 5.74) is 0.854. The van der Waals surface area contributed by atoms with E-state index in [1.165, 1.54) is 6.08 Å². The highest BCUT2D eigenvalue weighted by Crippen LogP contribution is 1.93. The molecule has 3 heteroatoms. The first-order valence-corrected chi connectivity index (χ1v) is 4.08. The maximum Gasteiger partial charge on any atom is 0.244 e. The molecule has 0 saturated heterocycles. The van der Waals surface area contributed by atoms with Gasteiger partial charge in [-0.3, -0.25) is 9.59 Å². The Morgan fingerprint density at radius 2 is 2.07 bits per heavy atom. The zero-order chi connectivity index (χ0) is 10.8. The summed E-state index contributed by atoms with van der Waals surface area (Å²) in [7, 11) is 0. The number of aldehydes is 1. The fraction of sp³-hybridized carbons (Fsp3) is 0.0909. The number of hydrogen-bond donors (Lipinski definition) is 1. The summed E-state index contributed by atoms with van der Waals surface area (Å²) in [6.07, 6.45) is 7.85. The van der Waals surface area contributed by atoms with Crippen molar-refractivity contribution in [3.8, 4) is 0 Å². The average Bonchev–Trinajstić information content (AvgIpc) is 2.21. The van der Waals surface area contributed by atoms with Gasteiger partial charge in [0.15, 0.2) is 0 Å². The van der Waals surface area contributed by atoms with Crippen LogP contribution in [0.2, 0.25) is 0 Å². The van der Waals surface area contributed by atoms with E-state index in [2.05, 4.69) is 18.5 Å². The van der Waals surface area contributed by atoms with E-state index < -0.39 is 0 Å². The van der Waals surface area contributed by atoms with E-state index in [1.807, 2.05) is 0 Å². The molecule has 0 heterocycles. The molecule has 14 heavy (non-hydrogen) atoms. The molecule has 1 amide bonds. The van der Waals surface area contributed by atoms with E-state index in [9.17, 15) is 9.59 Å². The van der Waals surface area contributed by atoms with Gasteiger partial charge in [-0.25, -0.2) is 0 Å². The van der Waals surface area contributed by atoms with Gasteiger partial charge in [-0.15, -0.1) is 0 Å². The summed E-state index contributed by atoms with van der Waals surface area (Å²) >= 11 is 0. The Morgan fingerprint density at radius 1 is 1.36 bits per heavy atom. The van der Waals surface area contributed by atoms with Crippen LogP contribution in [0, 0.1) is 0 Å². The first kappa shape index (κ1) is 12.1. The van der Waals surface area contributed by atoms with Crippen LogP contribution < -0.4 is 5.32 Å². The van der Waals surface area contributed by atoms with Crippen LogP contribution in [-0.2, 0) is 9.59 Å². The van der Waals surface area contributed by atoms with Crippen LogP contribution in [0.25, 0.3) is 0 Å². The highest BCUT2D eigenvalue weighted by Gasteiger charge is 1.94. The smallest absolute Gasteiger partial charge is 0.244 e. The minimum absolute atomic E-state index is 0.311. The predicted octanol–water partition coefficient (Wildman–Crippen LogP) is 1.16. The zero-order valence-corrected chi connectivity index (χ0v) is 7.90. The second-order valence-corrected chi connectivity index (χ2v) is 2.39. The molecule has 1 N–H and O–H groups in total. The Kier molecular flexibility index (Phi) is 6.68. The molecule has 0 aromatic heterocycles. The van der Waals surface area contributed by atoms with Gasteiger partial charge < -0.3 is 5.32 Å². The van der Waals surface area contributed by atoms with E-state index in [4.69, 9.17) is 0 Å². The Morgan fingerprint density at radius 3 is 2.57 bits per heavy atom. The molecular formula is C11H13NO2. The standard InChI is InChI=1S/C11H13NO2/c1-3-6-10(4-2)9-12-11(14)7-5-8-13/h3-8H,1-2,9H2,(H,12,14)/b7-5+,10-6+. The van der Waals surface area contributed by atoms with E-state index in [-0.39, 0.29) is 5.91 Å². The lowest BCUT2D eigenvalue weighted by molar-refractivity contribution is -0.116. The van der Waals surface area contributed by atoms with Gasteiger partial charge >= 0.3 is 0 Å². The van der Waals surface area contributed by atoms with Gasteiger partial charge in [-0.1, -0.05) is 31.4 Å². The van der Waals surface area contributed by atoms with Crippen LogP contribution in [0.5, 0.6) is 0 Å². The molecule has 0 aliphatic heterocycles. The van der Waals surface area contributed by atoms with Crippen molar-refractivity contribution in [1.29, 1.82) is 0 Å². The van der Waals surface area contributed by atoms with Crippen molar-refractivity contribution in [2.75, 3.05) is 6.54 Å². The summed E-state index contributed by atoms with van der Waals surface area (Å²) in [5, 5.41) is 2.58. The van der Waals surface area contributed by atoms with Crippen LogP contribution >= 0.6 is 0 Å². The van der Waals surface area contributed by atoms with Crippen molar-refractivity contribution in [1.82, 2.24) is 5.32 Å². The third-order valence-corrected chi connectivity index (χ3v) is 1.39. The molecule has 0 bridgehead atoms. The van der Waals surface area contributed by atoms with E-state index in [0.29, 0.717) is 12.8 Å². The summed E-state index contributed by atoms with van der Waals surface area (Å²) in [6, 6.07) is 0. The van der Waals surface area contributed by atoms with Crippen molar-refractivity contribution < 1.29 is 9.59 Å². The van der Waals surface area contributed by atoms with Crippen LogP contribution in [0.3, 0.4) is 0 Å². The lowest BCUT2D eigenvalue weighted by atomic mass is 10.2. The molecule has 0 aromatic carbocycles. The third kappa shape index (κ3) is 5.71. The van der Waals surface area contributed by atoms with E-state index in [0.717, 1.165) is 11.6 Å². The molecule has 0 rings (SSSR count). The zero-order valence-electron chi connectivity index (χ0n) is 7.90. The van der Waals surface area contributed by atoms with Gasteiger partial charge in [0.2, 0.25) is 5.91 Å². The largest absolute Gasteiger partial charge is 0.348 e. The fourth-order valence-corrected chi connectivity index (χ4v) is 0.725. The Labute approximate surface area is 83.5 Å². The highest BCUT2D eigenvalue weighted by molar-refractivity contribution is 5.91. The SMILES string of the molecule is C=C/C=C(\C=C)CNC(=O)/C=C/C=O. The number of carbonyl (C=O) groups excluding carboxylic acids is 2. The summed E-state index contributed by atoms with van der Waals surface area (Å²) in [5.74, 6) is -0.311. The van der Waals surface area contributed by atoms with Gasteiger partial charge in [0.25, 0.3) is 0 Å². The number of amides is 1. The van der Waals surface area contributed by atoms with Gasteiger partial charge in [0, 0.05) is 12.6 Å². The van der Waals surface area contributed by atoms with Crippen LogP contribution in [0.15, 0.2) is 49.1 Å². The molecular weight excluding hydrogens is 178 g/mol. The Bertz CT molecular complexity index is 288. The number of nitrogens with one attached hydrogen (secondary N) is 1. The number of hydrogen-bond acceptors (Lipinski definition) is 2. The number of rotatable bonds is 6. The number of allylic oxidation sites excluding steroid dienone is 3. The first-order valence-electron chi connectivity index (χ1n) is 4.08. The minimum Gasteiger partial charge on any atom is -0.348 e. The van der Waals surface area contributed by atoms with Crippen LogP contribution in [0.4, 0.5) is 0 Å². The lowest BCUT2D eigenvalue weighted by Crippen LogP contribution is -2.23. The molecule has 0 radical (unpaired) electrons. The van der Waals surface area contributed by atoms with Gasteiger partial charge in [-0.2, -0.15) is 0 Å². The van der Waals surface area contributed by atoms with Crippen LogP contribution in [-0.4, -0.2) is 18.7 Å². The molecule has 0 aromatic rings. The monoisotopic (exact) mass is 191 g/mol. The van der Waals surface area contributed by atoms with Crippen molar-refractivity contribution in [2.45, 2.75) is 0 Å². The second-order valence-electron chi connectivity index (χ2n) is 2.39. The van der Waals surface area contributed by atoms with E-state index >= 15 is 0 Å². The first-order chi connectivity index (χ1) is 6.74. The lowest BCUT2D eigenvalue weighted by Gasteiger charge is -2.01. The second kappa shape index (κ2) is 7.73. The molecule has 0 atom stereocenters. The fourth-order valence-electron chi connectivity index (χ4n) is 0.725. The minimum atomic E-state index is -0.311. The number of carbonyl (C=O) groups is 2. The maximum atomic E-state index is 11.0. The van der Waals surface area contributed by atoms with Crippen molar-refractivity contribution in [2.24, 2.45) is 0 Å². The molecule has 3 nitrogen and oxygen atoms in total. The van der Waals surface area contributed by atoms with Crippen LogP contribution in [0.1, 0.15) is 0 Å². The Hall–Kier alpha value is -1.90. The average molecular weight is 191 g/mol. The van der Waals surface area contributed by atoms with Gasteiger partial charge in [0.05, 0.1) is 0 Å². The van der Waals surface area contributed by atoms with Crippen molar-refractivity contribution in [3.05, 3.63) is 49.1 Å². The van der Waals surface area contributed by atoms with E-state index in [1.54, 1.807) is 18.2 Å². The normalized spacial score (nSPS) is 11.0. The van der Waals surface area contributed by atoms with Gasteiger partial charge in [0.1, 0.15) is 6.29 Å². The third-order valence-electron chi connectivity index (χ3n) is 1.39. The summed E-state index contributed by atoms with van der Waals surface area (Å²) in [4.78, 5) is 20.9.